The SMILES string of the molecule is Cc1cc([N+](=O)[O-])ccc1N1CC(Cl)CC1=O. The van der Waals surface area contributed by atoms with Crippen molar-refractivity contribution in [3.8, 4) is 0 Å². The van der Waals surface area contributed by atoms with Gasteiger partial charge in [0, 0.05) is 30.8 Å². The Balaban J connectivity index is 2.34. The number of carbonyl (C=O) groups is 1. The second-order valence-corrected chi connectivity index (χ2v) is 4.65. The van der Waals surface area contributed by atoms with E-state index < -0.39 is 4.92 Å². The molecule has 1 aromatic carbocycles. The number of nitro groups is 1. The van der Waals surface area contributed by atoms with Crippen LogP contribution in [0, 0.1) is 17.0 Å². The molecule has 0 radical (unpaired) electrons. The standard InChI is InChI=1S/C11H11ClN2O3/c1-7-4-9(14(16)17)2-3-10(7)13-6-8(12)5-11(13)15/h2-4,8H,5-6H2,1H3. The van der Waals surface area contributed by atoms with E-state index in [9.17, 15) is 14.9 Å². The number of rotatable bonds is 2. The molecule has 1 heterocycles. The molecule has 0 aromatic heterocycles. The van der Waals surface area contributed by atoms with Gasteiger partial charge in [0.2, 0.25) is 5.91 Å². The summed E-state index contributed by atoms with van der Waals surface area (Å²) in [6, 6.07) is 4.46. The van der Waals surface area contributed by atoms with Gasteiger partial charge in [-0.2, -0.15) is 0 Å². The van der Waals surface area contributed by atoms with Gasteiger partial charge in [-0.05, 0) is 18.6 Å². The lowest BCUT2D eigenvalue weighted by atomic mass is 10.1. The molecule has 1 aromatic rings. The zero-order valence-corrected chi connectivity index (χ0v) is 9.98. The summed E-state index contributed by atoms with van der Waals surface area (Å²) in [4.78, 5) is 23.4. The van der Waals surface area contributed by atoms with Crippen LogP contribution < -0.4 is 4.90 Å². The van der Waals surface area contributed by atoms with Crippen LogP contribution in [0.15, 0.2) is 18.2 Å². The van der Waals surface area contributed by atoms with Crippen LogP contribution in [0.4, 0.5) is 11.4 Å². The van der Waals surface area contributed by atoms with Crippen LogP contribution in [0.2, 0.25) is 0 Å². The topological polar surface area (TPSA) is 63.5 Å². The molecule has 17 heavy (non-hydrogen) atoms. The quantitative estimate of drug-likeness (QED) is 0.462. The van der Waals surface area contributed by atoms with E-state index in [1.54, 1.807) is 17.9 Å². The van der Waals surface area contributed by atoms with Gasteiger partial charge in [-0.1, -0.05) is 0 Å². The van der Waals surface area contributed by atoms with Gasteiger partial charge in [0.1, 0.15) is 0 Å². The molecule has 1 unspecified atom stereocenters. The Labute approximate surface area is 103 Å². The summed E-state index contributed by atoms with van der Waals surface area (Å²) in [6.45, 7) is 2.20. The number of nitro benzene ring substituents is 1. The molecule has 6 heteroatoms. The average molecular weight is 255 g/mol. The van der Waals surface area contributed by atoms with Crippen LogP contribution >= 0.6 is 11.6 Å². The predicted octanol–water partition coefficient (Wildman–Crippen LogP) is 2.25. The van der Waals surface area contributed by atoms with Gasteiger partial charge in [-0.3, -0.25) is 14.9 Å². The minimum Gasteiger partial charge on any atom is -0.311 e. The van der Waals surface area contributed by atoms with Gasteiger partial charge in [0.15, 0.2) is 0 Å². The Kier molecular flexibility index (Phi) is 3.02. The third-order valence-corrected chi connectivity index (χ3v) is 3.05. The second kappa shape index (κ2) is 4.33. The summed E-state index contributed by atoms with van der Waals surface area (Å²) in [7, 11) is 0. The molecule has 1 amide bonds. The number of benzene rings is 1. The maximum absolute atomic E-state index is 11.7. The Morgan fingerprint density at radius 2 is 2.24 bits per heavy atom. The summed E-state index contributed by atoms with van der Waals surface area (Å²) >= 11 is 5.92. The number of nitrogens with zero attached hydrogens (tertiary/aromatic N) is 2. The summed E-state index contributed by atoms with van der Waals surface area (Å²) < 4.78 is 0. The van der Waals surface area contributed by atoms with E-state index in [1.807, 2.05) is 0 Å². The fraction of sp³-hybridized carbons (Fsp3) is 0.364. The van der Waals surface area contributed by atoms with Gasteiger partial charge in [-0.15, -0.1) is 11.6 Å². The maximum atomic E-state index is 11.7. The highest BCUT2D eigenvalue weighted by Gasteiger charge is 2.30. The number of anilines is 1. The molecule has 0 bridgehead atoms. The number of non-ortho nitro benzene ring substituents is 1. The summed E-state index contributed by atoms with van der Waals surface area (Å²) in [5.41, 5.74) is 1.43. The van der Waals surface area contributed by atoms with Gasteiger partial charge < -0.3 is 4.90 Å². The number of hydrogen-bond donors (Lipinski definition) is 0. The van der Waals surface area contributed by atoms with Crippen molar-refractivity contribution in [2.24, 2.45) is 0 Å². The Hall–Kier alpha value is -1.62. The third-order valence-electron chi connectivity index (χ3n) is 2.76. The minimum atomic E-state index is -0.451. The molecule has 1 fully saturated rings. The fourth-order valence-corrected chi connectivity index (χ4v) is 2.22. The maximum Gasteiger partial charge on any atom is 0.269 e. The molecule has 0 saturated carbocycles. The van der Waals surface area contributed by atoms with Gasteiger partial charge in [-0.25, -0.2) is 0 Å². The van der Waals surface area contributed by atoms with Crippen LogP contribution in [0.1, 0.15) is 12.0 Å². The molecule has 1 saturated heterocycles. The molecular formula is C11H11ClN2O3. The number of amides is 1. The molecule has 90 valence electrons. The fourth-order valence-electron chi connectivity index (χ4n) is 1.95. The number of hydrogen-bond acceptors (Lipinski definition) is 3. The van der Waals surface area contributed by atoms with E-state index in [0.717, 1.165) is 0 Å². The van der Waals surface area contributed by atoms with E-state index in [0.29, 0.717) is 24.2 Å². The highest BCUT2D eigenvalue weighted by molar-refractivity contribution is 6.24. The molecule has 1 aliphatic rings. The lowest BCUT2D eigenvalue weighted by Crippen LogP contribution is -2.25. The zero-order valence-electron chi connectivity index (χ0n) is 9.22. The Morgan fingerprint density at radius 3 is 2.71 bits per heavy atom. The van der Waals surface area contributed by atoms with Crippen molar-refractivity contribution >= 4 is 28.9 Å². The van der Waals surface area contributed by atoms with Crippen molar-refractivity contribution in [1.82, 2.24) is 0 Å². The van der Waals surface area contributed by atoms with E-state index in [-0.39, 0.29) is 17.0 Å². The molecular weight excluding hydrogens is 244 g/mol. The van der Waals surface area contributed by atoms with Crippen molar-refractivity contribution in [3.05, 3.63) is 33.9 Å². The molecule has 0 spiro atoms. The van der Waals surface area contributed by atoms with Crippen molar-refractivity contribution in [2.45, 2.75) is 18.7 Å². The van der Waals surface area contributed by atoms with Crippen LogP contribution in [-0.2, 0) is 4.79 Å². The van der Waals surface area contributed by atoms with Gasteiger partial charge in [0.05, 0.1) is 10.3 Å². The predicted molar refractivity (Wildman–Crippen MR) is 64.4 cm³/mol. The normalized spacial score (nSPS) is 19.8. The van der Waals surface area contributed by atoms with Crippen molar-refractivity contribution in [3.63, 3.8) is 0 Å². The highest BCUT2D eigenvalue weighted by Crippen LogP contribution is 2.29. The van der Waals surface area contributed by atoms with Crippen molar-refractivity contribution in [1.29, 1.82) is 0 Å². The van der Waals surface area contributed by atoms with E-state index in [1.165, 1.54) is 12.1 Å². The largest absolute Gasteiger partial charge is 0.311 e. The molecule has 1 aliphatic heterocycles. The van der Waals surface area contributed by atoms with Crippen molar-refractivity contribution in [2.75, 3.05) is 11.4 Å². The first-order valence-corrected chi connectivity index (χ1v) is 5.62. The summed E-state index contributed by atoms with van der Waals surface area (Å²) in [6.07, 6.45) is 0.317. The first kappa shape index (κ1) is 11.9. The number of alkyl halides is 1. The average Bonchev–Trinajstić information content (AvgIpc) is 2.57. The molecule has 1 atom stereocenters. The number of carbonyl (C=O) groups excluding carboxylic acids is 1. The lowest BCUT2D eigenvalue weighted by molar-refractivity contribution is -0.384. The first-order valence-electron chi connectivity index (χ1n) is 5.18. The highest BCUT2D eigenvalue weighted by atomic mass is 35.5. The van der Waals surface area contributed by atoms with Crippen LogP contribution in [0.25, 0.3) is 0 Å². The van der Waals surface area contributed by atoms with Gasteiger partial charge >= 0.3 is 0 Å². The minimum absolute atomic E-state index is 0.0281. The van der Waals surface area contributed by atoms with E-state index in [2.05, 4.69) is 0 Å². The number of halogens is 1. The molecule has 0 aliphatic carbocycles. The summed E-state index contributed by atoms with van der Waals surface area (Å²) in [5.74, 6) is -0.0399. The smallest absolute Gasteiger partial charge is 0.269 e. The zero-order chi connectivity index (χ0) is 12.6. The molecule has 5 nitrogen and oxygen atoms in total. The first-order chi connectivity index (χ1) is 7.99. The van der Waals surface area contributed by atoms with Crippen molar-refractivity contribution < 1.29 is 9.72 Å². The van der Waals surface area contributed by atoms with E-state index in [4.69, 9.17) is 11.6 Å². The van der Waals surface area contributed by atoms with Crippen LogP contribution in [0.3, 0.4) is 0 Å². The molecule has 0 N–H and O–H groups in total. The lowest BCUT2D eigenvalue weighted by Gasteiger charge is -2.18. The number of aryl methyl sites for hydroxylation is 1. The van der Waals surface area contributed by atoms with Crippen LogP contribution in [-0.4, -0.2) is 22.8 Å². The van der Waals surface area contributed by atoms with E-state index >= 15 is 0 Å². The summed E-state index contributed by atoms with van der Waals surface area (Å²) in [5, 5.41) is 10.4. The Morgan fingerprint density at radius 1 is 1.53 bits per heavy atom. The molecule has 2 rings (SSSR count). The monoisotopic (exact) mass is 254 g/mol. The second-order valence-electron chi connectivity index (χ2n) is 4.03. The van der Waals surface area contributed by atoms with Gasteiger partial charge in [0.25, 0.3) is 5.69 Å². The third kappa shape index (κ3) is 2.24. The van der Waals surface area contributed by atoms with Crippen LogP contribution in [0.5, 0.6) is 0 Å². The Bertz CT molecular complexity index is 490.